The monoisotopic (exact) mass is 268 g/mol. The molecular weight excluding hydrogens is 252 g/mol. The van der Waals surface area contributed by atoms with Gasteiger partial charge in [-0.05, 0) is 36.9 Å². The maximum Gasteiger partial charge on any atom is 0.113 e. The maximum absolute atomic E-state index is 10.6. The lowest BCUT2D eigenvalue weighted by molar-refractivity contribution is 0.224. The summed E-state index contributed by atoms with van der Waals surface area (Å²) in [6, 6.07) is 16.6. The standard InChI is InChI=1S/C17H16OS/c1-11-7-12(2)9-14(8-11)17(18)16-10-13-5-3-4-6-15(13)19-16/h3-10,17-18H,1-2H3. The maximum atomic E-state index is 10.6. The SMILES string of the molecule is Cc1cc(C)cc(C(O)c2cc3ccccc3s2)c1. The first kappa shape index (κ1) is 12.4. The van der Waals surface area contributed by atoms with Crippen molar-refractivity contribution in [2.24, 2.45) is 0 Å². The van der Waals surface area contributed by atoms with Gasteiger partial charge >= 0.3 is 0 Å². The van der Waals surface area contributed by atoms with E-state index in [0.717, 1.165) is 10.4 Å². The van der Waals surface area contributed by atoms with E-state index in [4.69, 9.17) is 0 Å². The molecule has 1 heterocycles. The quantitative estimate of drug-likeness (QED) is 0.720. The Morgan fingerprint density at radius 1 is 0.947 bits per heavy atom. The highest BCUT2D eigenvalue weighted by Gasteiger charge is 2.14. The number of rotatable bonds is 2. The van der Waals surface area contributed by atoms with Crippen LogP contribution >= 0.6 is 11.3 Å². The van der Waals surface area contributed by atoms with E-state index >= 15 is 0 Å². The second-order valence-electron chi connectivity index (χ2n) is 5.01. The van der Waals surface area contributed by atoms with Crippen molar-refractivity contribution >= 4 is 21.4 Å². The van der Waals surface area contributed by atoms with Gasteiger partial charge in [-0.15, -0.1) is 11.3 Å². The topological polar surface area (TPSA) is 20.2 Å². The minimum absolute atomic E-state index is 0.531. The fourth-order valence-electron chi connectivity index (χ4n) is 2.47. The van der Waals surface area contributed by atoms with Gasteiger partial charge in [0.25, 0.3) is 0 Å². The molecule has 2 heteroatoms. The molecular formula is C17H16OS. The molecule has 96 valence electrons. The van der Waals surface area contributed by atoms with Crippen LogP contribution in [0.1, 0.15) is 27.7 Å². The minimum Gasteiger partial charge on any atom is -0.383 e. The van der Waals surface area contributed by atoms with Crippen LogP contribution in [0.5, 0.6) is 0 Å². The van der Waals surface area contributed by atoms with E-state index in [-0.39, 0.29) is 0 Å². The molecule has 19 heavy (non-hydrogen) atoms. The van der Waals surface area contributed by atoms with Crippen molar-refractivity contribution in [3.63, 3.8) is 0 Å². The Morgan fingerprint density at radius 3 is 2.32 bits per heavy atom. The van der Waals surface area contributed by atoms with Crippen LogP contribution in [0.15, 0.2) is 48.5 Å². The van der Waals surface area contributed by atoms with Crippen LogP contribution in [0.2, 0.25) is 0 Å². The van der Waals surface area contributed by atoms with Gasteiger partial charge in [-0.3, -0.25) is 0 Å². The molecule has 1 aromatic heterocycles. The summed E-state index contributed by atoms with van der Waals surface area (Å²) in [7, 11) is 0. The van der Waals surface area contributed by atoms with Gasteiger partial charge in [0.15, 0.2) is 0 Å². The molecule has 1 unspecified atom stereocenters. The van der Waals surface area contributed by atoms with Crippen LogP contribution in [0.3, 0.4) is 0 Å². The third-order valence-corrected chi connectivity index (χ3v) is 4.44. The summed E-state index contributed by atoms with van der Waals surface area (Å²) in [5, 5.41) is 11.8. The second-order valence-corrected chi connectivity index (χ2v) is 6.13. The first-order valence-electron chi connectivity index (χ1n) is 6.38. The Labute approximate surface area is 117 Å². The van der Waals surface area contributed by atoms with Gasteiger partial charge in [0.1, 0.15) is 6.10 Å². The normalized spacial score (nSPS) is 12.8. The lowest BCUT2D eigenvalue weighted by Gasteiger charge is -2.10. The Kier molecular flexibility index (Phi) is 3.13. The number of aliphatic hydroxyl groups is 1. The first-order chi connectivity index (χ1) is 9.13. The third-order valence-electron chi connectivity index (χ3n) is 3.27. The van der Waals surface area contributed by atoms with Crippen LogP contribution in [0, 0.1) is 13.8 Å². The molecule has 1 nitrogen and oxygen atoms in total. The van der Waals surface area contributed by atoms with Crippen LogP contribution < -0.4 is 0 Å². The van der Waals surface area contributed by atoms with Crippen LogP contribution in [-0.2, 0) is 0 Å². The number of fused-ring (bicyclic) bond motifs is 1. The number of benzene rings is 2. The Morgan fingerprint density at radius 2 is 1.63 bits per heavy atom. The van der Waals surface area contributed by atoms with E-state index in [1.807, 2.05) is 12.1 Å². The average Bonchev–Trinajstić information content (AvgIpc) is 2.80. The molecule has 0 aliphatic heterocycles. The van der Waals surface area contributed by atoms with Crippen molar-refractivity contribution in [1.29, 1.82) is 0 Å². The molecule has 0 saturated heterocycles. The minimum atomic E-state index is -0.531. The van der Waals surface area contributed by atoms with E-state index in [1.165, 1.54) is 21.2 Å². The Bertz CT molecular complexity index is 674. The average molecular weight is 268 g/mol. The summed E-state index contributed by atoms with van der Waals surface area (Å²) < 4.78 is 1.22. The molecule has 3 rings (SSSR count). The molecule has 3 aromatic rings. The summed E-state index contributed by atoms with van der Waals surface area (Å²) in [4.78, 5) is 1.01. The first-order valence-corrected chi connectivity index (χ1v) is 7.20. The van der Waals surface area contributed by atoms with Crippen molar-refractivity contribution in [2.45, 2.75) is 20.0 Å². The van der Waals surface area contributed by atoms with Crippen LogP contribution in [0.4, 0.5) is 0 Å². The summed E-state index contributed by atoms with van der Waals surface area (Å²) in [5.74, 6) is 0. The molecule has 0 saturated carbocycles. The largest absolute Gasteiger partial charge is 0.383 e. The van der Waals surface area contributed by atoms with Gasteiger partial charge in [-0.1, -0.05) is 47.5 Å². The molecule has 0 aliphatic rings. The summed E-state index contributed by atoms with van der Waals surface area (Å²) in [6.45, 7) is 4.13. The molecule has 0 fully saturated rings. The van der Waals surface area contributed by atoms with Gasteiger partial charge in [-0.25, -0.2) is 0 Å². The van der Waals surface area contributed by atoms with E-state index in [1.54, 1.807) is 11.3 Å². The molecule has 2 aromatic carbocycles. The van der Waals surface area contributed by atoms with E-state index < -0.39 is 6.10 Å². The number of hydrogen-bond donors (Lipinski definition) is 1. The van der Waals surface area contributed by atoms with Crippen LogP contribution in [-0.4, -0.2) is 5.11 Å². The number of aliphatic hydroxyl groups excluding tert-OH is 1. The zero-order valence-corrected chi connectivity index (χ0v) is 11.9. The van der Waals surface area contributed by atoms with E-state index in [9.17, 15) is 5.11 Å². The van der Waals surface area contributed by atoms with E-state index in [0.29, 0.717) is 0 Å². The van der Waals surface area contributed by atoms with Crippen molar-refractivity contribution in [3.05, 3.63) is 70.1 Å². The second kappa shape index (κ2) is 4.80. The molecule has 1 atom stereocenters. The molecule has 0 amide bonds. The van der Waals surface area contributed by atoms with Crippen molar-refractivity contribution in [2.75, 3.05) is 0 Å². The van der Waals surface area contributed by atoms with Gasteiger partial charge in [0, 0.05) is 9.58 Å². The summed E-state index contributed by atoms with van der Waals surface area (Å²) in [6.07, 6.45) is -0.531. The summed E-state index contributed by atoms with van der Waals surface area (Å²) >= 11 is 1.66. The van der Waals surface area contributed by atoms with Gasteiger partial charge in [0.05, 0.1) is 0 Å². The lowest BCUT2D eigenvalue weighted by Crippen LogP contribution is -1.98. The molecule has 0 spiro atoms. The van der Waals surface area contributed by atoms with Gasteiger partial charge < -0.3 is 5.11 Å². The van der Waals surface area contributed by atoms with Gasteiger partial charge in [0.2, 0.25) is 0 Å². The smallest absolute Gasteiger partial charge is 0.113 e. The fourth-order valence-corrected chi connectivity index (χ4v) is 3.55. The Balaban J connectivity index is 2.05. The molecule has 1 N–H and O–H groups in total. The third kappa shape index (κ3) is 2.42. The predicted octanol–water partition coefficient (Wildman–Crippen LogP) is 4.60. The highest BCUT2D eigenvalue weighted by atomic mass is 32.1. The van der Waals surface area contributed by atoms with Crippen molar-refractivity contribution < 1.29 is 5.11 Å². The van der Waals surface area contributed by atoms with E-state index in [2.05, 4.69) is 50.2 Å². The predicted molar refractivity (Wildman–Crippen MR) is 81.8 cm³/mol. The zero-order chi connectivity index (χ0) is 13.4. The number of aryl methyl sites for hydroxylation is 2. The van der Waals surface area contributed by atoms with Crippen LogP contribution in [0.25, 0.3) is 10.1 Å². The fraction of sp³-hybridized carbons (Fsp3) is 0.176. The molecule has 0 bridgehead atoms. The number of hydrogen-bond acceptors (Lipinski definition) is 2. The van der Waals surface area contributed by atoms with Gasteiger partial charge in [-0.2, -0.15) is 0 Å². The molecule has 0 aliphatic carbocycles. The Hall–Kier alpha value is -1.64. The highest BCUT2D eigenvalue weighted by Crippen LogP contribution is 2.33. The van der Waals surface area contributed by atoms with Crippen molar-refractivity contribution in [1.82, 2.24) is 0 Å². The zero-order valence-electron chi connectivity index (χ0n) is 11.1. The molecule has 0 radical (unpaired) electrons. The lowest BCUT2D eigenvalue weighted by atomic mass is 10.0. The summed E-state index contributed by atoms with van der Waals surface area (Å²) in [5.41, 5.74) is 3.36. The highest BCUT2D eigenvalue weighted by molar-refractivity contribution is 7.19. The number of thiophene rings is 1. The van der Waals surface area contributed by atoms with Crippen molar-refractivity contribution in [3.8, 4) is 0 Å².